The largest absolute Gasteiger partial charge is 0.319 e. The Morgan fingerprint density at radius 1 is 1.10 bits per heavy atom. The van der Waals surface area contributed by atoms with E-state index in [2.05, 4.69) is 10.2 Å². The monoisotopic (exact) mass is 284 g/mol. The van der Waals surface area contributed by atoms with Crippen LogP contribution in [0.2, 0.25) is 0 Å². The molecular formula is C15H19F3N2. The zero-order valence-corrected chi connectivity index (χ0v) is 11.5. The molecule has 2 nitrogen and oxygen atoms in total. The standard InChI is InChI=1S/C15H19F3N2/c1-19-8-9-4-5-20(10-2-3-10)15(9)11-6-13(17)14(18)7-12(11)16/h6-7,9-10,15,19H,2-5,8H2,1H3. The lowest BCUT2D eigenvalue weighted by molar-refractivity contribution is 0.211. The number of hydrogen-bond donors (Lipinski definition) is 1. The van der Waals surface area contributed by atoms with Gasteiger partial charge in [-0.25, -0.2) is 13.2 Å². The van der Waals surface area contributed by atoms with E-state index in [1.807, 2.05) is 7.05 Å². The molecule has 1 N–H and O–H groups in total. The minimum absolute atomic E-state index is 0.148. The molecule has 0 amide bonds. The van der Waals surface area contributed by atoms with Crippen LogP contribution in [0.3, 0.4) is 0 Å². The van der Waals surface area contributed by atoms with E-state index in [0.29, 0.717) is 17.7 Å². The normalized spacial score (nSPS) is 27.2. The number of nitrogens with one attached hydrogen (secondary N) is 1. The lowest BCUT2D eigenvalue weighted by atomic mass is 9.93. The lowest BCUT2D eigenvalue weighted by Gasteiger charge is -2.29. The molecular weight excluding hydrogens is 265 g/mol. The summed E-state index contributed by atoms with van der Waals surface area (Å²) in [6, 6.07) is 2.04. The maximum absolute atomic E-state index is 14.1. The van der Waals surface area contributed by atoms with Crippen LogP contribution in [-0.2, 0) is 0 Å². The molecule has 3 rings (SSSR count). The van der Waals surface area contributed by atoms with Crippen LogP contribution < -0.4 is 5.32 Å². The van der Waals surface area contributed by atoms with Gasteiger partial charge in [0.2, 0.25) is 0 Å². The Labute approximate surface area is 117 Å². The Kier molecular flexibility index (Phi) is 3.73. The first-order valence-corrected chi connectivity index (χ1v) is 7.16. The van der Waals surface area contributed by atoms with Crippen molar-refractivity contribution in [2.24, 2.45) is 5.92 Å². The molecule has 0 spiro atoms. The van der Waals surface area contributed by atoms with Crippen LogP contribution in [-0.4, -0.2) is 31.1 Å². The minimum atomic E-state index is -1.12. The van der Waals surface area contributed by atoms with Crippen molar-refractivity contribution < 1.29 is 13.2 Å². The van der Waals surface area contributed by atoms with Gasteiger partial charge in [0, 0.05) is 23.7 Å². The molecule has 20 heavy (non-hydrogen) atoms. The van der Waals surface area contributed by atoms with Crippen molar-refractivity contribution in [3.63, 3.8) is 0 Å². The molecule has 2 fully saturated rings. The van der Waals surface area contributed by atoms with E-state index in [1.165, 1.54) is 0 Å². The molecule has 2 unspecified atom stereocenters. The van der Waals surface area contributed by atoms with Crippen LogP contribution in [0, 0.1) is 23.4 Å². The third-order valence-electron chi connectivity index (χ3n) is 4.40. The van der Waals surface area contributed by atoms with Gasteiger partial charge in [0.25, 0.3) is 0 Å². The van der Waals surface area contributed by atoms with Crippen LogP contribution in [0.4, 0.5) is 13.2 Å². The first-order valence-electron chi connectivity index (χ1n) is 7.16. The minimum Gasteiger partial charge on any atom is -0.319 e. The molecule has 1 heterocycles. The maximum atomic E-state index is 14.1. The summed E-state index contributed by atoms with van der Waals surface area (Å²) >= 11 is 0. The average Bonchev–Trinajstić information content (AvgIpc) is 3.17. The number of halogens is 3. The summed E-state index contributed by atoms with van der Waals surface area (Å²) < 4.78 is 40.7. The van der Waals surface area contributed by atoms with E-state index in [1.54, 1.807) is 0 Å². The Bertz CT molecular complexity index is 502. The Balaban J connectivity index is 1.96. The molecule has 1 aromatic rings. The fourth-order valence-corrected chi connectivity index (χ4v) is 3.37. The van der Waals surface area contributed by atoms with Crippen molar-refractivity contribution in [2.45, 2.75) is 31.3 Å². The summed E-state index contributed by atoms with van der Waals surface area (Å²) in [6.45, 7) is 1.66. The highest BCUT2D eigenvalue weighted by molar-refractivity contribution is 5.26. The fraction of sp³-hybridized carbons (Fsp3) is 0.600. The summed E-state index contributed by atoms with van der Waals surface area (Å²) in [7, 11) is 1.86. The highest BCUT2D eigenvalue weighted by Crippen LogP contribution is 2.44. The number of nitrogens with zero attached hydrogens (tertiary/aromatic N) is 1. The van der Waals surface area contributed by atoms with E-state index in [-0.39, 0.29) is 12.0 Å². The Morgan fingerprint density at radius 2 is 1.80 bits per heavy atom. The number of hydrogen-bond acceptors (Lipinski definition) is 2. The van der Waals surface area contributed by atoms with Gasteiger partial charge in [-0.15, -0.1) is 0 Å². The van der Waals surface area contributed by atoms with Crippen molar-refractivity contribution in [1.82, 2.24) is 10.2 Å². The molecule has 2 aliphatic rings. The molecule has 1 saturated heterocycles. The highest BCUT2D eigenvalue weighted by atomic mass is 19.2. The average molecular weight is 284 g/mol. The van der Waals surface area contributed by atoms with E-state index >= 15 is 0 Å². The first-order chi connectivity index (χ1) is 9.61. The van der Waals surface area contributed by atoms with Gasteiger partial charge in [0.1, 0.15) is 5.82 Å². The van der Waals surface area contributed by atoms with E-state index in [4.69, 9.17) is 0 Å². The van der Waals surface area contributed by atoms with Crippen LogP contribution in [0.5, 0.6) is 0 Å². The zero-order valence-electron chi connectivity index (χ0n) is 11.5. The molecule has 0 radical (unpaired) electrons. The number of likely N-dealkylation sites (tertiary alicyclic amines) is 1. The van der Waals surface area contributed by atoms with Crippen LogP contribution in [0.15, 0.2) is 12.1 Å². The third kappa shape index (κ3) is 2.44. The molecule has 1 saturated carbocycles. The van der Waals surface area contributed by atoms with Gasteiger partial charge in [0.15, 0.2) is 11.6 Å². The topological polar surface area (TPSA) is 15.3 Å². The van der Waals surface area contributed by atoms with Crippen molar-refractivity contribution >= 4 is 0 Å². The number of rotatable bonds is 4. The lowest BCUT2D eigenvalue weighted by Crippen LogP contribution is -2.31. The van der Waals surface area contributed by atoms with Gasteiger partial charge < -0.3 is 5.32 Å². The fourth-order valence-electron chi connectivity index (χ4n) is 3.37. The summed E-state index contributed by atoms with van der Waals surface area (Å²) in [6.07, 6.45) is 3.20. The quantitative estimate of drug-likeness (QED) is 0.855. The summed E-state index contributed by atoms with van der Waals surface area (Å²) in [4.78, 5) is 2.26. The van der Waals surface area contributed by atoms with Crippen LogP contribution >= 0.6 is 0 Å². The van der Waals surface area contributed by atoms with E-state index in [0.717, 1.165) is 38.4 Å². The van der Waals surface area contributed by atoms with Crippen molar-refractivity contribution in [3.8, 4) is 0 Å². The van der Waals surface area contributed by atoms with Gasteiger partial charge in [-0.05, 0) is 51.4 Å². The van der Waals surface area contributed by atoms with Gasteiger partial charge in [-0.1, -0.05) is 0 Å². The molecule has 1 aliphatic heterocycles. The second-order valence-electron chi connectivity index (χ2n) is 5.81. The predicted molar refractivity (Wildman–Crippen MR) is 70.8 cm³/mol. The van der Waals surface area contributed by atoms with Crippen molar-refractivity contribution in [3.05, 3.63) is 35.1 Å². The highest BCUT2D eigenvalue weighted by Gasteiger charge is 2.43. The van der Waals surface area contributed by atoms with Crippen LogP contribution in [0.25, 0.3) is 0 Å². The first kappa shape index (κ1) is 13.9. The SMILES string of the molecule is CNCC1CCN(C2CC2)C1c1cc(F)c(F)cc1F. The Hall–Kier alpha value is -1.07. The van der Waals surface area contributed by atoms with Gasteiger partial charge in [-0.3, -0.25) is 4.90 Å². The molecule has 0 bridgehead atoms. The van der Waals surface area contributed by atoms with Gasteiger partial charge in [-0.2, -0.15) is 0 Å². The van der Waals surface area contributed by atoms with Gasteiger partial charge >= 0.3 is 0 Å². The molecule has 1 aliphatic carbocycles. The summed E-state index contributed by atoms with van der Waals surface area (Å²) in [5.41, 5.74) is 0.300. The van der Waals surface area contributed by atoms with E-state index < -0.39 is 17.5 Å². The molecule has 2 atom stereocenters. The molecule has 5 heteroatoms. The smallest absolute Gasteiger partial charge is 0.161 e. The second kappa shape index (κ2) is 5.37. The summed E-state index contributed by atoms with van der Waals surface area (Å²) in [5.74, 6) is -2.48. The predicted octanol–water partition coefficient (Wildman–Crippen LogP) is 2.85. The van der Waals surface area contributed by atoms with Gasteiger partial charge in [0.05, 0.1) is 0 Å². The van der Waals surface area contributed by atoms with Crippen LogP contribution in [0.1, 0.15) is 30.9 Å². The summed E-state index contributed by atoms with van der Waals surface area (Å²) in [5, 5.41) is 3.12. The Morgan fingerprint density at radius 3 is 2.45 bits per heavy atom. The number of benzene rings is 1. The maximum Gasteiger partial charge on any atom is 0.161 e. The molecule has 110 valence electrons. The third-order valence-corrected chi connectivity index (χ3v) is 4.40. The zero-order chi connectivity index (χ0) is 14.3. The second-order valence-corrected chi connectivity index (χ2v) is 5.81. The van der Waals surface area contributed by atoms with Crippen molar-refractivity contribution in [2.75, 3.05) is 20.1 Å². The van der Waals surface area contributed by atoms with E-state index in [9.17, 15) is 13.2 Å². The molecule has 1 aromatic carbocycles. The molecule has 0 aromatic heterocycles. The van der Waals surface area contributed by atoms with Crippen molar-refractivity contribution in [1.29, 1.82) is 0 Å².